The molecule has 152 valence electrons. The molecule has 5 aromatic rings. The van der Waals surface area contributed by atoms with Crippen LogP contribution in [0.15, 0.2) is 77.6 Å². The number of methoxy groups -OCH3 is 1. The summed E-state index contributed by atoms with van der Waals surface area (Å²) in [6, 6.07) is 21.3. The molecule has 0 saturated heterocycles. The Morgan fingerprint density at radius 1 is 1.00 bits per heavy atom. The van der Waals surface area contributed by atoms with E-state index in [1.807, 2.05) is 30.3 Å². The number of carbonyl (C=O) groups is 1. The number of hydrogen-bond acceptors (Lipinski definition) is 6. The van der Waals surface area contributed by atoms with Crippen molar-refractivity contribution < 1.29 is 14.3 Å². The van der Waals surface area contributed by atoms with Gasteiger partial charge in [0.05, 0.1) is 28.2 Å². The normalized spacial score (nSPS) is 11.8. The molecule has 0 aliphatic carbocycles. The summed E-state index contributed by atoms with van der Waals surface area (Å²) in [5, 5.41) is 0. The number of aromatic nitrogens is 2. The van der Waals surface area contributed by atoms with Crippen molar-refractivity contribution in [3.05, 3.63) is 98.8 Å². The van der Waals surface area contributed by atoms with Crippen molar-refractivity contribution in [3.8, 4) is 11.5 Å². The first kappa shape index (κ1) is 19.0. The number of thiazole rings is 1. The molecule has 0 bridgehead atoms. The fourth-order valence-electron chi connectivity index (χ4n) is 3.32. The highest BCUT2D eigenvalue weighted by atomic mass is 32.1. The predicted octanol–water partition coefficient (Wildman–Crippen LogP) is 3.68. The van der Waals surface area contributed by atoms with E-state index < -0.39 is 5.97 Å². The molecule has 7 heteroatoms. The largest absolute Gasteiger partial charge is 0.497 e. The SMILES string of the molecule is COc1ccc(C(=O)Oc2cccc(/C=c3\sc4nc5ccccc5n4c3=O)c2)cc1. The maximum atomic E-state index is 12.9. The first-order valence-electron chi connectivity index (χ1n) is 9.50. The van der Waals surface area contributed by atoms with E-state index in [1.165, 1.54) is 11.3 Å². The molecule has 0 amide bonds. The van der Waals surface area contributed by atoms with Crippen molar-refractivity contribution in [2.45, 2.75) is 0 Å². The fourth-order valence-corrected chi connectivity index (χ4v) is 4.31. The van der Waals surface area contributed by atoms with Crippen molar-refractivity contribution in [1.29, 1.82) is 0 Å². The molecule has 5 rings (SSSR count). The molecule has 2 heterocycles. The van der Waals surface area contributed by atoms with Gasteiger partial charge in [-0.3, -0.25) is 4.79 Å². The molecule has 0 aliphatic rings. The van der Waals surface area contributed by atoms with Gasteiger partial charge in [0.1, 0.15) is 11.5 Å². The van der Waals surface area contributed by atoms with Gasteiger partial charge in [-0.05, 0) is 60.2 Å². The van der Waals surface area contributed by atoms with E-state index in [0.29, 0.717) is 26.6 Å². The molecule has 0 fully saturated rings. The summed E-state index contributed by atoms with van der Waals surface area (Å²) in [5.41, 5.74) is 2.65. The third kappa shape index (κ3) is 3.55. The number of rotatable bonds is 4. The highest BCUT2D eigenvalue weighted by Crippen LogP contribution is 2.19. The van der Waals surface area contributed by atoms with Crippen molar-refractivity contribution in [2.24, 2.45) is 0 Å². The van der Waals surface area contributed by atoms with Gasteiger partial charge in [-0.25, -0.2) is 14.2 Å². The quantitative estimate of drug-likeness (QED) is 0.323. The van der Waals surface area contributed by atoms with Gasteiger partial charge in [0, 0.05) is 0 Å². The highest BCUT2D eigenvalue weighted by Gasteiger charge is 2.11. The lowest BCUT2D eigenvalue weighted by atomic mass is 10.2. The summed E-state index contributed by atoms with van der Waals surface area (Å²) in [6.07, 6.45) is 1.78. The van der Waals surface area contributed by atoms with Crippen LogP contribution in [0.3, 0.4) is 0 Å². The van der Waals surface area contributed by atoms with E-state index in [0.717, 1.165) is 16.6 Å². The lowest BCUT2D eigenvalue weighted by molar-refractivity contribution is 0.0734. The van der Waals surface area contributed by atoms with Crippen LogP contribution in [-0.2, 0) is 0 Å². The number of benzene rings is 3. The van der Waals surface area contributed by atoms with Gasteiger partial charge in [0.2, 0.25) is 0 Å². The van der Waals surface area contributed by atoms with Gasteiger partial charge in [-0.15, -0.1) is 0 Å². The molecule has 0 radical (unpaired) electrons. The molecule has 6 nitrogen and oxygen atoms in total. The van der Waals surface area contributed by atoms with Crippen LogP contribution >= 0.6 is 11.3 Å². The van der Waals surface area contributed by atoms with Crippen LogP contribution in [0.25, 0.3) is 22.1 Å². The average molecular weight is 428 g/mol. The second kappa shape index (κ2) is 7.70. The average Bonchev–Trinajstić information content (AvgIpc) is 3.30. The van der Waals surface area contributed by atoms with E-state index in [2.05, 4.69) is 4.98 Å². The lowest BCUT2D eigenvalue weighted by Gasteiger charge is -2.06. The van der Waals surface area contributed by atoms with Crippen LogP contribution in [0, 0.1) is 0 Å². The Labute approximate surface area is 180 Å². The summed E-state index contributed by atoms with van der Waals surface area (Å²) >= 11 is 1.33. The number of hydrogen-bond donors (Lipinski definition) is 0. The molecule has 3 aromatic carbocycles. The van der Waals surface area contributed by atoms with Gasteiger partial charge in [-0.1, -0.05) is 35.6 Å². The second-order valence-corrected chi connectivity index (χ2v) is 7.83. The maximum Gasteiger partial charge on any atom is 0.343 e. The minimum atomic E-state index is -0.467. The number of nitrogens with zero attached hydrogens (tertiary/aromatic N) is 2. The molecule has 0 aliphatic heterocycles. The third-order valence-electron chi connectivity index (χ3n) is 4.84. The van der Waals surface area contributed by atoms with Gasteiger partial charge in [0.25, 0.3) is 5.56 Å². The molecule has 0 saturated carbocycles. The number of fused-ring (bicyclic) bond motifs is 3. The van der Waals surface area contributed by atoms with Gasteiger partial charge < -0.3 is 9.47 Å². The van der Waals surface area contributed by atoms with Crippen LogP contribution in [0.4, 0.5) is 0 Å². The second-order valence-electron chi connectivity index (χ2n) is 6.82. The summed E-state index contributed by atoms with van der Waals surface area (Å²) < 4.78 is 12.8. The zero-order valence-corrected chi connectivity index (χ0v) is 17.3. The maximum absolute atomic E-state index is 12.9. The number of carbonyl (C=O) groups excluding carboxylic acids is 1. The van der Waals surface area contributed by atoms with Crippen LogP contribution in [0.2, 0.25) is 0 Å². The Morgan fingerprint density at radius 3 is 2.61 bits per heavy atom. The molecule has 2 aromatic heterocycles. The summed E-state index contributed by atoms with van der Waals surface area (Å²) in [6.45, 7) is 0. The van der Waals surface area contributed by atoms with Crippen molar-refractivity contribution in [2.75, 3.05) is 7.11 Å². The Bertz CT molecular complexity index is 1530. The third-order valence-corrected chi connectivity index (χ3v) is 5.81. The van der Waals surface area contributed by atoms with E-state index in [4.69, 9.17) is 9.47 Å². The summed E-state index contributed by atoms with van der Waals surface area (Å²) in [4.78, 5) is 30.5. The Kier molecular flexibility index (Phi) is 4.72. The van der Waals surface area contributed by atoms with E-state index in [1.54, 1.807) is 60.1 Å². The molecule has 0 N–H and O–H groups in total. The smallest absolute Gasteiger partial charge is 0.343 e. The standard InChI is InChI=1S/C24H16N2O4S/c1-29-17-11-9-16(10-12-17)23(28)30-18-6-4-5-15(13-18)14-21-22(27)26-20-8-3-2-7-19(20)25-24(26)31-21/h2-14H,1H3/b21-14-. The number of esters is 1. The molecular weight excluding hydrogens is 412 g/mol. The number of imidazole rings is 1. The van der Waals surface area contributed by atoms with E-state index >= 15 is 0 Å². The molecule has 0 atom stereocenters. The molecule has 0 spiro atoms. The van der Waals surface area contributed by atoms with E-state index in [9.17, 15) is 9.59 Å². The Morgan fingerprint density at radius 2 is 1.81 bits per heavy atom. The number of para-hydroxylation sites is 2. The predicted molar refractivity (Wildman–Crippen MR) is 120 cm³/mol. The minimum absolute atomic E-state index is 0.116. The first-order chi connectivity index (χ1) is 15.1. The van der Waals surface area contributed by atoms with E-state index in [-0.39, 0.29) is 5.56 Å². The molecular formula is C24H16N2O4S. The topological polar surface area (TPSA) is 69.9 Å². The van der Waals surface area contributed by atoms with Crippen molar-refractivity contribution >= 4 is 39.4 Å². The zero-order valence-electron chi connectivity index (χ0n) is 16.4. The molecule has 31 heavy (non-hydrogen) atoms. The van der Waals surface area contributed by atoms with Crippen LogP contribution in [-0.4, -0.2) is 22.5 Å². The van der Waals surface area contributed by atoms with Gasteiger partial charge in [0.15, 0.2) is 4.96 Å². The van der Waals surface area contributed by atoms with Crippen LogP contribution < -0.4 is 19.6 Å². The van der Waals surface area contributed by atoms with Gasteiger partial charge in [-0.2, -0.15) is 0 Å². The van der Waals surface area contributed by atoms with Crippen LogP contribution in [0.5, 0.6) is 11.5 Å². The fraction of sp³-hybridized carbons (Fsp3) is 0.0417. The van der Waals surface area contributed by atoms with Gasteiger partial charge >= 0.3 is 5.97 Å². The Balaban J connectivity index is 1.46. The molecule has 0 unspecified atom stereocenters. The first-order valence-corrected chi connectivity index (χ1v) is 10.3. The number of ether oxygens (including phenoxy) is 2. The lowest BCUT2D eigenvalue weighted by Crippen LogP contribution is -2.22. The van der Waals surface area contributed by atoms with Crippen LogP contribution in [0.1, 0.15) is 15.9 Å². The summed E-state index contributed by atoms with van der Waals surface area (Å²) in [7, 11) is 1.57. The Hall–Kier alpha value is -3.97. The van der Waals surface area contributed by atoms with Crippen molar-refractivity contribution in [3.63, 3.8) is 0 Å². The highest BCUT2D eigenvalue weighted by molar-refractivity contribution is 7.15. The minimum Gasteiger partial charge on any atom is -0.497 e. The zero-order chi connectivity index (χ0) is 21.4. The summed E-state index contributed by atoms with van der Waals surface area (Å²) in [5.74, 6) is 0.593. The van der Waals surface area contributed by atoms with Crippen molar-refractivity contribution in [1.82, 2.24) is 9.38 Å². The monoisotopic (exact) mass is 428 g/mol.